The molecule has 21 heavy (non-hydrogen) atoms. The van der Waals surface area contributed by atoms with Crippen LogP contribution in [0.15, 0.2) is 23.4 Å². The summed E-state index contributed by atoms with van der Waals surface area (Å²) < 4.78 is 0. The van der Waals surface area contributed by atoms with Crippen LogP contribution in [-0.4, -0.2) is 29.3 Å². The van der Waals surface area contributed by atoms with Crippen LogP contribution in [0.3, 0.4) is 0 Å². The van der Waals surface area contributed by atoms with E-state index in [0.717, 1.165) is 43.5 Å². The molecule has 0 saturated carbocycles. The number of benzene rings is 1. The first kappa shape index (κ1) is 17.5. The summed E-state index contributed by atoms with van der Waals surface area (Å²) in [5.74, 6) is 0.653. The Hall–Kier alpha value is -1.59. The maximum absolute atomic E-state index is 9.06. The molecule has 0 aliphatic rings. The monoisotopic (exact) mass is 293 g/mol. The van der Waals surface area contributed by atoms with Crippen molar-refractivity contribution in [2.24, 2.45) is 16.8 Å². The van der Waals surface area contributed by atoms with Crippen LogP contribution >= 0.6 is 0 Å². The van der Waals surface area contributed by atoms with Crippen molar-refractivity contribution in [3.05, 3.63) is 34.9 Å². The van der Waals surface area contributed by atoms with Crippen molar-refractivity contribution in [1.82, 2.24) is 5.32 Å². The van der Waals surface area contributed by atoms with Gasteiger partial charge in [-0.05, 0) is 49.4 Å². The minimum atomic E-state index is 0.128. The minimum Gasteiger partial charge on any atom is -0.409 e. The molecule has 1 unspecified atom stereocenters. The number of hydrogen-bond donors (Lipinski definition) is 4. The summed E-state index contributed by atoms with van der Waals surface area (Å²) in [5, 5.41) is 24.2. The fourth-order valence-electron chi connectivity index (χ4n) is 2.46. The molecule has 0 aliphatic heterocycles. The standard InChI is InChI=1S/C16H27N3O2/c1-3-4-13(7-8-20)10-18-11-15-6-5-14(9-12(15)2)16(17)19-21/h5-6,9,13,18,20-21H,3-4,7-8,10-11H2,1-2H3,(H2,17,19). The van der Waals surface area contributed by atoms with E-state index in [2.05, 4.69) is 17.4 Å². The van der Waals surface area contributed by atoms with E-state index in [-0.39, 0.29) is 12.4 Å². The first-order valence-electron chi connectivity index (χ1n) is 7.51. The first-order chi connectivity index (χ1) is 10.1. The van der Waals surface area contributed by atoms with Gasteiger partial charge in [-0.25, -0.2) is 0 Å². The SMILES string of the molecule is CCCC(CCO)CNCc1ccc(/C(N)=N/O)cc1C. The van der Waals surface area contributed by atoms with Gasteiger partial charge in [-0.1, -0.05) is 30.6 Å². The Kier molecular flexibility index (Phi) is 7.79. The molecule has 5 nitrogen and oxygen atoms in total. The average molecular weight is 293 g/mol. The number of nitrogens with zero attached hydrogens (tertiary/aromatic N) is 1. The third-order valence-electron chi connectivity index (χ3n) is 3.73. The number of aryl methyl sites for hydroxylation is 1. The molecule has 0 fully saturated rings. The van der Waals surface area contributed by atoms with Crippen LogP contribution in [0.2, 0.25) is 0 Å². The summed E-state index contributed by atoms with van der Waals surface area (Å²) in [7, 11) is 0. The normalized spacial score (nSPS) is 13.4. The predicted octanol–water partition coefficient (Wildman–Crippen LogP) is 1.98. The van der Waals surface area contributed by atoms with Gasteiger partial charge in [-0.3, -0.25) is 0 Å². The van der Waals surface area contributed by atoms with E-state index < -0.39 is 0 Å². The van der Waals surface area contributed by atoms with Crippen LogP contribution in [0.4, 0.5) is 0 Å². The molecule has 1 atom stereocenters. The Morgan fingerprint density at radius 3 is 2.71 bits per heavy atom. The second-order valence-corrected chi connectivity index (χ2v) is 5.42. The molecule has 0 heterocycles. The number of aliphatic hydroxyl groups is 1. The van der Waals surface area contributed by atoms with Crippen LogP contribution in [0, 0.1) is 12.8 Å². The Balaban J connectivity index is 2.55. The quantitative estimate of drug-likeness (QED) is 0.242. The van der Waals surface area contributed by atoms with E-state index in [4.69, 9.17) is 16.0 Å². The predicted molar refractivity (Wildman–Crippen MR) is 85.5 cm³/mol. The number of hydrogen-bond acceptors (Lipinski definition) is 4. The molecule has 1 aromatic rings. The zero-order valence-corrected chi connectivity index (χ0v) is 13.0. The van der Waals surface area contributed by atoms with Gasteiger partial charge < -0.3 is 21.4 Å². The van der Waals surface area contributed by atoms with E-state index in [1.807, 2.05) is 25.1 Å². The minimum absolute atomic E-state index is 0.128. The highest BCUT2D eigenvalue weighted by Gasteiger charge is 2.08. The van der Waals surface area contributed by atoms with Gasteiger partial charge in [0.25, 0.3) is 0 Å². The molecule has 0 bridgehead atoms. The summed E-state index contributed by atoms with van der Waals surface area (Å²) in [5.41, 5.74) is 8.62. The molecule has 0 aliphatic carbocycles. The number of amidine groups is 1. The smallest absolute Gasteiger partial charge is 0.170 e. The average Bonchev–Trinajstić information content (AvgIpc) is 2.48. The molecule has 0 spiro atoms. The molecule has 1 aromatic carbocycles. The number of nitrogens with one attached hydrogen (secondary N) is 1. The second kappa shape index (κ2) is 9.37. The lowest BCUT2D eigenvalue weighted by Crippen LogP contribution is -2.23. The zero-order chi connectivity index (χ0) is 15.7. The van der Waals surface area contributed by atoms with Crippen molar-refractivity contribution in [1.29, 1.82) is 0 Å². The molecule has 1 rings (SSSR count). The van der Waals surface area contributed by atoms with Crippen LogP contribution in [0.5, 0.6) is 0 Å². The highest BCUT2D eigenvalue weighted by atomic mass is 16.4. The highest BCUT2D eigenvalue weighted by Crippen LogP contribution is 2.13. The molecule has 0 aromatic heterocycles. The molecule has 5 N–H and O–H groups in total. The third-order valence-corrected chi connectivity index (χ3v) is 3.73. The van der Waals surface area contributed by atoms with Crippen LogP contribution < -0.4 is 11.1 Å². The fourth-order valence-corrected chi connectivity index (χ4v) is 2.46. The van der Waals surface area contributed by atoms with Gasteiger partial charge in [-0.2, -0.15) is 0 Å². The molecule has 0 amide bonds. The van der Waals surface area contributed by atoms with E-state index >= 15 is 0 Å². The fraction of sp³-hybridized carbons (Fsp3) is 0.562. The Labute approximate surface area is 126 Å². The summed E-state index contributed by atoms with van der Waals surface area (Å²) in [4.78, 5) is 0. The summed E-state index contributed by atoms with van der Waals surface area (Å²) in [6.45, 7) is 6.13. The summed E-state index contributed by atoms with van der Waals surface area (Å²) >= 11 is 0. The number of oxime groups is 1. The molecular formula is C16H27N3O2. The van der Waals surface area contributed by atoms with Crippen molar-refractivity contribution >= 4 is 5.84 Å². The largest absolute Gasteiger partial charge is 0.409 e. The van der Waals surface area contributed by atoms with E-state index in [1.165, 1.54) is 5.56 Å². The van der Waals surface area contributed by atoms with Gasteiger partial charge in [0.05, 0.1) is 0 Å². The lowest BCUT2D eigenvalue weighted by atomic mass is 9.99. The summed E-state index contributed by atoms with van der Waals surface area (Å²) in [6.07, 6.45) is 3.12. The third kappa shape index (κ3) is 5.73. The van der Waals surface area contributed by atoms with Crippen molar-refractivity contribution in [2.75, 3.05) is 13.2 Å². The van der Waals surface area contributed by atoms with Gasteiger partial charge in [0.2, 0.25) is 0 Å². The van der Waals surface area contributed by atoms with Crippen LogP contribution in [0.1, 0.15) is 42.9 Å². The maximum atomic E-state index is 9.06. The van der Waals surface area contributed by atoms with Crippen molar-refractivity contribution < 1.29 is 10.3 Å². The van der Waals surface area contributed by atoms with Gasteiger partial charge >= 0.3 is 0 Å². The Bertz CT molecular complexity index is 455. The van der Waals surface area contributed by atoms with Gasteiger partial charge in [0.1, 0.15) is 0 Å². The molecule has 5 heteroatoms. The molecule has 0 radical (unpaired) electrons. The van der Waals surface area contributed by atoms with E-state index in [0.29, 0.717) is 5.92 Å². The number of aliphatic hydroxyl groups excluding tert-OH is 1. The maximum Gasteiger partial charge on any atom is 0.170 e. The molecular weight excluding hydrogens is 266 g/mol. The van der Waals surface area contributed by atoms with Crippen molar-refractivity contribution in [2.45, 2.75) is 39.7 Å². The van der Waals surface area contributed by atoms with Crippen molar-refractivity contribution in [3.63, 3.8) is 0 Å². The van der Waals surface area contributed by atoms with Crippen molar-refractivity contribution in [3.8, 4) is 0 Å². The Morgan fingerprint density at radius 1 is 1.38 bits per heavy atom. The first-order valence-corrected chi connectivity index (χ1v) is 7.51. The van der Waals surface area contributed by atoms with E-state index in [1.54, 1.807) is 0 Å². The highest BCUT2D eigenvalue weighted by molar-refractivity contribution is 5.97. The lowest BCUT2D eigenvalue weighted by Gasteiger charge is -2.16. The number of nitrogens with two attached hydrogens (primary N) is 1. The van der Waals surface area contributed by atoms with Gasteiger partial charge in [0.15, 0.2) is 5.84 Å². The van der Waals surface area contributed by atoms with E-state index in [9.17, 15) is 0 Å². The van der Waals surface area contributed by atoms with Crippen LogP contribution in [-0.2, 0) is 6.54 Å². The van der Waals surface area contributed by atoms with Crippen LogP contribution in [0.25, 0.3) is 0 Å². The zero-order valence-electron chi connectivity index (χ0n) is 13.0. The Morgan fingerprint density at radius 2 is 2.14 bits per heavy atom. The summed E-state index contributed by atoms with van der Waals surface area (Å²) in [6, 6.07) is 5.77. The molecule has 0 saturated heterocycles. The molecule has 118 valence electrons. The van der Waals surface area contributed by atoms with Gasteiger partial charge in [0, 0.05) is 18.7 Å². The van der Waals surface area contributed by atoms with Gasteiger partial charge in [-0.15, -0.1) is 0 Å². The number of rotatable bonds is 9. The lowest BCUT2D eigenvalue weighted by molar-refractivity contribution is 0.248. The topological polar surface area (TPSA) is 90.9 Å². The second-order valence-electron chi connectivity index (χ2n) is 5.42.